The Kier molecular flexibility index (Phi) is 6.01. The molecule has 1 aromatic rings. The summed E-state index contributed by atoms with van der Waals surface area (Å²) in [5.74, 6) is -0.201. The fourth-order valence-corrected chi connectivity index (χ4v) is 2.03. The summed E-state index contributed by atoms with van der Waals surface area (Å²) < 4.78 is 2.07. The van der Waals surface area contributed by atoms with Crippen molar-refractivity contribution in [1.82, 2.24) is 15.1 Å². The van der Waals surface area contributed by atoms with Gasteiger partial charge in [0, 0.05) is 6.04 Å². The van der Waals surface area contributed by atoms with E-state index in [-0.39, 0.29) is 24.1 Å². The van der Waals surface area contributed by atoms with Gasteiger partial charge in [-0.1, -0.05) is 13.8 Å². The molecule has 0 spiro atoms. The lowest BCUT2D eigenvalue weighted by molar-refractivity contribution is -0.122. The summed E-state index contributed by atoms with van der Waals surface area (Å²) in [4.78, 5) is 23.5. The molecule has 7 heteroatoms. The number of hydrogen-bond acceptors (Lipinski definition) is 3. The lowest BCUT2D eigenvalue weighted by atomic mass is 10.2. The number of nitrogens with one attached hydrogen (secondary N) is 1. The highest BCUT2D eigenvalue weighted by Gasteiger charge is 2.12. The van der Waals surface area contributed by atoms with Gasteiger partial charge in [0.1, 0.15) is 11.0 Å². The molecule has 0 bridgehead atoms. The third kappa shape index (κ3) is 3.91. The Bertz CT molecular complexity index is 484. The second kappa shape index (κ2) is 7.04. The highest BCUT2D eigenvalue weighted by molar-refractivity contribution is 9.13. The van der Waals surface area contributed by atoms with Crippen molar-refractivity contribution in [3.05, 3.63) is 25.5 Å². The van der Waals surface area contributed by atoms with Crippen LogP contribution in [0.15, 0.2) is 19.9 Å². The van der Waals surface area contributed by atoms with Crippen LogP contribution in [0.4, 0.5) is 0 Å². The Balaban J connectivity index is 2.77. The van der Waals surface area contributed by atoms with E-state index in [4.69, 9.17) is 0 Å². The molecule has 5 nitrogen and oxygen atoms in total. The zero-order valence-electron chi connectivity index (χ0n) is 10.2. The molecule has 0 unspecified atom stereocenters. The van der Waals surface area contributed by atoms with Crippen molar-refractivity contribution < 1.29 is 4.79 Å². The first kappa shape index (κ1) is 15.4. The highest BCUT2D eigenvalue weighted by Crippen LogP contribution is 2.16. The molecule has 0 aliphatic rings. The van der Waals surface area contributed by atoms with Gasteiger partial charge in [0.05, 0.1) is 10.7 Å². The average molecular weight is 381 g/mol. The first-order chi connectivity index (χ1) is 8.49. The number of hydrogen-bond donors (Lipinski definition) is 1. The van der Waals surface area contributed by atoms with Crippen LogP contribution >= 0.6 is 31.9 Å². The van der Waals surface area contributed by atoms with E-state index in [1.54, 1.807) is 0 Å². The molecule has 100 valence electrons. The third-order valence-electron chi connectivity index (χ3n) is 2.59. The van der Waals surface area contributed by atoms with Gasteiger partial charge in [-0.15, -0.1) is 0 Å². The highest BCUT2D eigenvalue weighted by atomic mass is 79.9. The SMILES string of the molecule is CCC(CC)NC(=O)Cn1ncc(Br)c(Br)c1=O. The summed E-state index contributed by atoms with van der Waals surface area (Å²) in [5.41, 5.74) is -0.330. The average Bonchev–Trinajstić information content (AvgIpc) is 2.36. The van der Waals surface area contributed by atoms with Crippen LogP contribution < -0.4 is 10.9 Å². The van der Waals surface area contributed by atoms with Crippen molar-refractivity contribution in [1.29, 1.82) is 0 Å². The third-order valence-corrected chi connectivity index (χ3v) is 4.49. The molecule has 1 amide bonds. The summed E-state index contributed by atoms with van der Waals surface area (Å²) in [6.07, 6.45) is 3.22. The van der Waals surface area contributed by atoms with Crippen LogP contribution in [0.3, 0.4) is 0 Å². The van der Waals surface area contributed by atoms with Gasteiger partial charge in [-0.2, -0.15) is 5.10 Å². The first-order valence-electron chi connectivity index (χ1n) is 5.70. The molecule has 1 heterocycles. The van der Waals surface area contributed by atoms with Crippen molar-refractivity contribution in [3.63, 3.8) is 0 Å². The summed E-state index contributed by atoms with van der Waals surface area (Å²) >= 11 is 6.33. The van der Waals surface area contributed by atoms with E-state index in [1.807, 2.05) is 13.8 Å². The molecule has 0 aliphatic heterocycles. The van der Waals surface area contributed by atoms with Gasteiger partial charge < -0.3 is 5.32 Å². The van der Waals surface area contributed by atoms with Gasteiger partial charge in [-0.25, -0.2) is 4.68 Å². The summed E-state index contributed by atoms with van der Waals surface area (Å²) in [6.45, 7) is 3.95. The Morgan fingerprint density at radius 1 is 1.44 bits per heavy atom. The molecule has 18 heavy (non-hydrogen) atoms. The smallest absolute Gasteiger partial charge is 0.282 e. The number of nitrogens with zero attached hydrogens (tertiary/aromatic N) is 2. The van der Waals surface area contributed by atoms with E-state index in [0.29, 0.717) is 8.95 Å². The van der Waals surface area contributed by atoms with Crippen molar-refractivity contribution in [3.8, 4) is 0 Å². The lowest BCUT2D eigenvalue weighted by Crippen LogP contribution is -2.39. The zero-order chi connectivity index (χ0) is 13.7. The summed E-state index contributed by atoms with van der Waals surface area (Å²) in [7, 11) is 0. The van der Waals surface area contributed by atoms with E-state index >= 15 is 0 Å². The molecule has 0 saturated carbocycles. The summed E-state index contributed by atoms with van der Waals surface area (Å²) in [5, 5.41) is 6.76. The molecule has 1 aromatic heterocycles. The molecule has 0 fully saturated rings. The molecule has 0 atom stereocenters. The number of halogens is 2. The second-order valence-electron chi connectivity index (χ2n) is 3.85. The van der Waals surface area contributed by atoms with Crippen LogP contribution in [0.2, 0.25) is 0 Å². The molecule has 0 radical (unpaired) electrons. The molecule has 0 saturated heterocycles. The van der Waals surface area contributed by atoms with E-state index in [2.05, 4.69) is 42.3 Å². The number of amides is 1. The monoisotopic (exact) mass is 379 g/mol. The molecular weight excluding hydrogens is 366 g/mol. The minimum absolute atomic E-state index is 0.0682. The predicted octanol–water partition coefficient (Wildman–Crippen LogP) is 2.07. The topological polar surface area (TPSA) is 64.0 Å². The normalized spacial score (nSPS) is 10.7. The maximum Gasteiger partial charge on any atom is 0.282 e. The van der Waals surface area contributed by atoms with Crippen molar-refractivity contribution >= 4 is 37.8 Å². The quantitative estimate of drug-likeness (QED) is 0.850. The number of rotatable bonds is 5. The van der Waals surface area contributed by atoms with Crippen molar-refractivity contribution in [2.24, 2.45) is 0 Å². The fourth-order valence-electron chi connectivity index (χ4n) is 1.46. The van der Waals surface area contributed by atoms with Crippen LogP contribution in [-0.2, 0) is 11.3 Å². The largest absolute Gasteiger partial charge is 0.352 e. The van der Waals surface area contributed by atoms with Gasteiger partial charge >= 0.3 is 0 Å². The van der Waals surface area contributed by atoms with Crippen molar-refractivity contribution in [2.75, 3.05) is 0 Å². The first-order valence-corrected chi connectivity index (χ1v) is 7.28. The Morgan fingerprint density at radius 3 is 2.61 bits per heavy atom. The molecule has 1 N–H and O–H groups in total. The minimum atomic E-state index is -0.330. The maximum atomic E-state index is 11.8. The molecule has 0 aromatic carbocycles. The van der Waals surface area contributed by atoms with Gasteiger partial charge in [0.2, 0.25) is 5.91 Å². The van der Waals surface area contributed by atoms with Crippen LogP contribution in [0.25, 0.3) is 0 Å². The summed E-state index contributed by atoms with van der Waals surface area (Å²) in [6, 6.07) is 0.145. The molecule has 1 rings (SSSR count). The lowest BCUT2D eigenvalue weighted by Gasteiger charge is -2.14. The minimum Gasteiger partial charge on any atom is -0.352 e. The van der Waals surface area contributed by atoms with E-state index < -0.39 is 0 Å². The van der Waals surface area contributed by atoms with E-state index in [1.165, 1.54) is 6.20 Å². The fraction of sp³-hybridized carbons (Fsp3) is 0.545. The number of carbonyl (C=O) groups is 1. The van der Waals surface area contributed by atoms with Crippen LogP contribution in [0, 0.1) is 0 Å². The number of aromatic nitrogens is 2. The van der Waals surface area contributed by atoms with E-state index in [0.717, 1.165) is 17.5 Å². The molecular formula is C11H15Br2N3O2. The standard InChI is InChI=1S/C11H15Br2N3O2/c1-3-7(4-2)15-9(17)6-16-11(18)10(13)8(12)5-14-16/h5,7H,3-4,6H2,1-2H3,(H,15,17). The number of carbonyl (C=O) groups excluding carboxylic acids is 1. The van der Waals surface area contributed by atoms with Crippen LogP contribution in [-0.4, -0.2) is 21.7 Å². The van der Waals surface area contributed by atoms with Gasteiger partial charge in [-0.05, 0) is 44.7 Å². The van der Waals surface area contributed by atoms with Crippen molar-refractivity contribution in [2.45, 2.75) is 39.3 Å². The van der Waals surface area contributed by atoms with Crippen LogP contribution in [0.1, 0.15) is 26.7 Å². The van der Waals surface area contributed by atoms with Crippen LogP contribution in [0.5, 0.6) is 0 Å². The zero-order valence-corrected chi connectivity index (χ0v) is 13.4. The Labute approximate surface area is 122 Å². The molecule has 0 aliphatic carbocycles. The van der Waals surface area contributed by atoms with E-state index in [9.17, 15) is 9.59 Å². The Hall–Kier alpha value is -0.690. The predicted molar refractivity (Wildman–Crippen MR) is 76.4 cm³/mol. The Morgan fingerprint density at radius 2 is 2.06 bits per heavy atom. The van der Waals surface area contributed by atoms with Gasteiger partial charge in [0.25, 0.3) is 5.56 Å². The van der Waals surface area contributed by atoms with Gasteiger partial charge in [0.15, 0.2) is 0 Å². The van der Waals surface area contributed by atoms with Gasteiger partial charge in [-0.3, -0.25) is 9.59 Å². The second-order valence-corrected chi connectivity index (χ2v) is 5.50. The maximum absolute atomic E-state index is 11.8.